The topological polar surface area (TPSA) is 158 Å². The molecule has 4 aliphatic rings. The van der Waals surface area contributed by atoms with Crippen LogP contribution in [0.3, 0.4) is 0 Å². The SMILES string of the molecule is COc1cc(F)cc2c(O[C@@H]3C[C@H]4C(=O)C[C@]5(C(=O)NS(=O)(=O)C6CC6)C[C@H]5/C=C\CC[C@@H](C)C[C@@H](C)[C@H](CC(=O)OC(C)(C)C)C(=O)N4C3)nccc12. The number of esters is 1. The zero-order valence-corrected chi connectivity index (χ0v) is 32.7. The van der Waals surface area contributed by atoms with Crippen molar-refractivity contribution in [1.82, 2.24) is 14.6 Å². The quantitative estimate of drug-likeness (QED) is 0.262. The zero-order valence-electron chi connectivity index (χ0n) is 31.9. The molecule has 2 aliphatic heterocycles. The van der Waals surface area contributed by atoms with Gasteiger partial charge >= 0.3 is 5.97 Å². The van der Waals surface area contributed by atoms with E-state index in [1.54, 1.807) is 26.8 Å². The molecule has 1 aromatic heterocycles. The van der Waals surface area contributed by atoms with E-state index in [1.807, 2.05) is 19.1 Å². The molecule has 0 bridgehead atoms. The van der Waals surface area contributed by atoms with Gasteiger partial charge in [0, 0.05) is 30.5 Å². The summed E-state index contributed by atoms with van der Waals surface area (Å²) in [5.41, 5.74) is -2.06. The van der Waals surface area contributed by atoms with Crippen molar-refractivity contribution in [2.75, 3.05) is 13.7 Å². The van der Waals surface area contributed by atoms with E-state index in [4.69, 9.17) is 14.2 Å². The van der Waals surface area contributed by atoms with E-state index in [1.165, 1.54) is 30.3 Å². The fraction of sp³-hybridized carbons (Fsp3) is 0.625. The molecule has 3 heterocycles. The summed E-state index contributed by atoms with van der Waals surface area (Å²) < 4.78 is 60.1. The van der Waals surface area contributed by atoms with Crippen LogP contribution in [-0.4, -0.2) is 78.5 Å². The van der Waals surface area contributed by atoms with Crippen LogP contribution < -0.4 is 14.2 Å². The van der Waals surface area contributed by atoms with Crippen LogP contribution in [0.4, 0.5) is 4.39 Å². The highest BCUT2D eigenvalue weighted by molar-refractivity contribution is 7.90. The van der Waals surface area contributed by atoms with Gasteiger partial charge in [0.1, 0.15) is 23.3 Å². The van der Waals surface area contributed by atoms with Crippen LogP contribution in [0.25, 0.3) is 10.8 Å². The summed E-state index contributed by atoms with van der Waals surface area (Å²) in [6.07, 6.45) is 7.59. The van der Waals surface area contributed by atoms with Gasteiger partial charge in [0.25, 0.3) is 0 Å². The molecule has 1 saturated heterocycles. The Morgan fingerprint density at radius 3 is 2.52 bits per heavy atom. The number of ether oxygens (including phenoxy) is 3. The molecular formula is C40H52FN3O9S. The van der Waals surface area contributed by atoms with Gasteiger partial charge in [-0.1, -0.05) is 26.0 Å². The van der Waals surface area contributed by atoms with Gasteiger partial charge in [-0.25, -0.2) is 17.8 Å². The summed E-state index contributed by atoms with van der Waals surface area (Å²) in [5.74, 6) is -3.46. The number of carbonyl (C=O) groups excluding carboxylic acids is 4. The highest BCUT2D eigenvalue weighted by atomic mass is 32.2. The van der Waals surface area contributed by atoms with E-state index in [-0.39, 0.29) is 55.2 Å². The number of pyridine rings is 1. The number of ketones is 1. The molecule has 1 N–H and O–H groups in total. The number of nitrogens with zero attached hydrogens (tertiary/aromatic N) is 2. The number of sulfonamides is 1. The van der Waals surface area contributed by atoms with Gasteiger partial charge in [-0.05, 0) is 89.2 Å². The van der Waals surface area contributed by atoms with Crippen molar-refractivity contribution in [2.24, 2.45) is 29.1 Å². The lowest BCUT2D eigenvalue weighted by Crippen LogP contribution is -2.47. The first-order chi connectivity index (χ1) is 25.4. The molecule has 54 heavy (non-hydrogen) atoms. The first kappa shape index (κ1) is 39.6. The summed E-state index contributed by atoms with van der Waals surface area (Å²) in [6, 6.07) is 3.16. The molecule has 2 amide bonds. The summed E-state index contributed by atoms with van der Waals surface area (Å²) >= 11 is 0. The van der Waals surface area contributed by atoms with Crippen LogP contribution >= 0.6 is 0 Å². The smallest absolute Gasteiger partial charge is 0.307 e. The Bertz CT molecular complexity index is 1940. The van der Waals surface area contributed by atoms with Crippen molar-refractivity contribution in [3.8, 4) is 11.6 Å². The third-order valence-electron chi connectivity index (χ3n) is 11.2. The van der Waals surface area contributed by atoms with Crippen LogP contribution in [-0.2, 0) is 33.9 Å². The Kier molecular flexibility index (Phi) is 11.2. The van der Waals surface area contributed by atoms with E-state index in [0.717, 1.165) is 6.42 Å². The van der Waals surface area contributed by atoms with Crippen molar-refractivity contribution < 1.29 is 46.2 Å². The normalized spacial score (nSPS) is 30.0. The third kappa shape index (κ3) is 8.74. The Hall–Kier alpha value is -4.07. The van der Waals surface area contributed by atoms with Gasteiger partial charge in [-0.3, -0.25) is 23.9 Å². The number of halogens is 1. The van der Waals surface area contributed by atoms with Crippen molar-refractivity contribution in [1.29, 1.82) is 0 Å². The lowest BCUT2D eigenvalue weighted by Gasteiger charge is -2.32. The van der Waals surface area contributed by atoms with Gasteiger partial charge in [0.15, 0.2) is 5.78 Å². The summed E-state index contributed by atoms with van der Waals surface area (Å²) in [7, 11) is -2.45. The first-order valence-corrected chi connectivity index (χ1v) is 20.5. The number of hydrogen-bond acceptors (Lipinski definition) is 10. The molecule has 1 aromatic carbocycles. The zero-order chi connectivity index (χ0) is 39.2. The van der Waals surface area contributed by atoms with Crippen molar-refractivity contribution in [2.45, 2.75) is 115 Å². The minimum atomic E-state index is -3.88. The fourth-order valence-electron chi connectivity index (χ4n) is 8.16. The number of hydrogen-bond donors (Lipinski definition) is 1. The third-order valence-corrected chi connectivity index (χ3v) is 13.1. The van der Waals surface area contributed by atoms with E-state index in [0.29, 0.717) is 42.9 Å². The average Bonchev–Trinajstić information content (AvgIpc) is 4.01. The molecule has 294 valence electrons. The number of fused-ring (bicyclic) bond motifs is 3. The van der Waals surface area contributed by atoms with Crippen LogP contribution in [0, 0.1) is 34.9 Å². The fourth-order valence-corrected chi connectivity index (χ4v) is 9.55. The Morgan fingerprint density at radius 2 is 1.83 bits per heavy atom. The molecule has 14 heteroatoms. The molecular weight excluding hydrogens is 718 g/mol. The van der Waals surface area contributed by atoms with Gasteiger partial charge in [-0.2, -0.15) is 0 Å². The number of Topliss-reactive ketones (excluding diaryl/α,β-unsaturated/α-hetero) is 1. The molecule has 12 nitrogen and oxygen atoms in total. The molecule has 0 spiro atoms. The second-order valence-corrected chi connectivity index (χ2v) is 18.8. The van der Waals surface area contributed by atoms with E-state index >= 15 is 0 Å². The van der Waals surface area contributed by atoms with Gasteiger partial charge in [-0.15, -0.1) is 0 Å². The average molecular weight is 770 g/mol. The minimum absolute atomic E-state index is 0.0363. The number of nitrogens with one attached hydrogen (secondary N) is 1. The van der Waals surface area contributed by atoms with Crippen LogP contribution in [0.15, 0.2) is 36.5 Å². The van der Waals surface area contributed by atoms with Crippen molar-refractivity contribution in [3.05, 3.63) is 42.4 Å². The molecule has 2 aromatic rings. The molecule has 7 atom stereocenters. The lowest BCUT2D eigenvalue weighted by molar-refractivity contribution is -0.160. The van der Waals surface area contributed by atoms with Crippen molar-refractivity contribution >= 4 is 44.4 Å². The minimum Gasteiger partial charge on any atom is -0.496 e. The monoisotopic (exact) mass is 769 g/mol. The lowest BCUT2D eigenvalue weighted by atomic mass is 9.82. The Morgan fingerprint density at radius 1 is 1.09 bits per heavy atom. The van der Waals surface area contributed by atoms with Crippen LogP contribution in [0.2, 0.25) is 0 Å². The summed E-state index contributed by atoms with van der Waals surface area (Å²) in [5, 5.41) is 0.291. The maximum atomic E-state index is 14.8. The van der Waals surface area contributed by atoms with Gasteiger partial charge < -0.3 is 19.1 Å². The Balaban J connectivity index is 1.36. The number of amides is 2. The second kappa shape index (κ2) is 15.2. The highest BCUT2D eigenvalue weighted by Crippen LogP contribution is 2.57. The largest absolute Gasteiger partial charge is 0.496 e. The number of rotatable bonds is 8. The molecule has 6 rings (SSSR count). The standard InChI is InChI=1S/C40H52FN3O9S/c1-23-9-7-8-10-25-20-40(25,38(48)43-54(49,50)28-11-12-28)21-33(45)32-18-27(52-36-31-16-26(41)17-34(51-6)29(31)13-14-42-36)22-44(32)37(47)30(24(2)15-23)19-35(46)53-39(3,4)5/h8,10,13-14,16-17,23-25,27-28,30,32H,7,9,11-12,15,18-22H2,1-6H3,(H,43,48)/b10-8-/t23-,24-,25-,27-,30+,32+,40-/m1/s1. The number of allylic oxidation sites excluding steroid dienone is 2. The number of carbonyl (C=O) groups is 4. The number of aromatic nitrogens is 1. The molecule has 0 radical (unpaired) electrons. The molecule has 2 saturated carbocycles. The van der Waals surface area contributed by atoms with E-state index < -0.39 is 73.7 Å². The van der Waals surface area contributed by atoms with Crippen LogP contribution in [0.5, 0.6) is 11.6 Å². The molecule has 0 unspecified atom stereocenters. The van der Waals surface area contributed by atoms with Gasteiger partial charge in [0.05, 0.1) is 48.1 Å². The first-order valence-electron chi connectivity index (χ1n) is 19.0. The second-order valence-electron chi connectivity index (χ2n) is 16.8. The van der Waals surface area contributed by atoms with E-state index in [9.17, 15) is 32.0 Å². The summed E-state index contributed by atoms with van der Waals surface area (Å²) in [6.45, 7) is 9.27. The van der Waals surface area contributed by atoms with E-state index in [2.05, 4.69) is 16.6 Å². The van der Waals surface area contributed by atoms with Crippen LogP contribution in [0.1, 0.15) is 92.4 Å². The highest BCUT2D eigenvalue weighted by Gasteiger charge is 2.61. The van der Waals surface area contributed by atoms with Gasteiger partial charge in [0.2, 0.25) is 27.7 Å². The molecule has 3 fully saturated rings. The van der Waals surface area contributed by atoms with Crippen molar-refractivity contribution in [3.63, 3.8) is 0 Å². The summed E-state index contributed by atoms with van der Waals surface area (Å²) in [4.78, 5) is 62.3. The number of benzene rings is 1. The number of methoxy groups -OCH3 is 1. The Labute approximate surface area is 316 Å². The maximum absolute atomic E-state index is 14.8. The predicted molar refractivity (Wildman–Crippen MR) is 198 cm³/mol. The maximum Gasteiger partial charge on any atom is 0.307 e. The molecule has 2 aliphatic carbocycles. The predicted octanol–water partition coefficient (Wildman–Crippen LogP) is 5.67.